The largest absolute Gasteiger partial charge is 0.491 e. The third-order valence-electron chi connectivity index (χ3n) is 3.86. The number of carbonyl (C=O) groups excluding carboxylic acids is 1. The van der Waals surface area contributed by atoms with Crippen molar-refractivity contribution in [3.05, 3.63) is 65.2 Å². The SMILES string of the molecule is COCCOc1cc(C)ccc1CNC(=O)[C@@H](N)Cc1ccccc1. The molecule has 2 aromatic carbocycles. The Bertz CT molecular complexity index is 674. The summed E-state index contributed by atoms with van der Waals surface area (Å²) < 4.78 is 10.7. The van der Waals surface area contributed by atoms with E-state index in [0.717, 1.165) is 22.4 Å². The smallest absolute Gasteiger partial charge is 0.237 e. The van der Waals surface area contributed by atoms with E-state index in [2.05, 4.69) is 5.32 Å². The summed E-state index contributed by atoms with van der Waals surface area (Å²) in [6.07, 6.45) is 0.512. The van der Waals surface area contributed by atoms with E-state index in [9.17, 15) is 4.79 Å². The topological polar surface area (TPSA) is 73.6 Å². The van der Waals surface area contributed by atoms with Gasteiger partial charge in [-0.15, -0.1) is 0 Å². The maximum Gasteiger partial charge on any atom is 0.237 e. The van der Waals surface area contributed by atoms with E-state index in [0.29, 0.717) is 26.2 Å². The molecule has 3 N–H and O–H groups in total. The third-order valence-corrected chi connectivity index (χ3v) is 3.86. The van der Waals surface area contributed by atoms with E-state index >= 15 is 0 Å². The van der Waals surface area contributed by atoms with Gasteiger partial charge >= 0.3 is 0 Å². The predicted octanol–water partition coefficient (Wildman–Crippen LogP) is 2.21. The van der Waals surface area contributed by atoms with Crippen LogP contribution in [0.2, 0.25) is 0 Å². The highest BCUT2D eigenvalue weighted by atomic mass is 16.5. The van der Waals surface area contributed by atoms with E-state index in [1.165, 1.54) is 0 Å². The number of hydrogen-bond acceptors (Lipinski definition) is 4. The second-order valence-corrected chi connectivity index (χ2v) is 5.97. The van der Waals surface area contributed by atoms with Crippen LogP contribution in [0.5, 0.6) is 5.75 Å². The first-order valence-corrected chi connectivity index (χ1v) is 8.38. The van der Waals surface area contributed by atoms with Crippen LogP contribution in [0.4, 0.5) is 0 Å². The lowest BCUT2D eigenvalue weighted by Crippen LogP contribution is -2.41. The van der Waals surface area contributed by atoms with Gasteiger partial charge in [-0.25, -0.2) is 0 Å². The molecule has 0 aliphatic carbocycles. The van der Waals surface area contributed by atoms with Crippen molar-refractivity contribution in [2.24, 2.45) is 5.73 Å². The van der Waals surface area contributed by atoms with Gasteiger partial charge in [0.05, 0.1) is 12.6 Å². The zero-order chi connectivity index (χ0) is 18.1. The predicted molar refractivity (Wildman–Crippen MR) is 98.5 cm³/mol. The van der Waals surface area contributed by atoms with E-state index in [-0.39, 0.29) is 5.91 Å². The number of amides is 1. The number of hydrogen-bond donors (Lipinski definition) is 2. The standard InChI is InChI=1S/C20H26N2O3/c1-15-8-9-17(19(12-15)25-11-10-24-2)14-22-20(23)18(21)13-16-6-4-3-5-7-16/h3-9,12,18H,10-11,13-14,21H2,1-2H3,(H,22,23)/t18-/m0/s1. The van der Waals surface area contributed by atoms with Crippen LogP contribution in [-0.4, -0.2) is 32.3 Å². The van der Waals surface area contributed by atoms with Crippen LogP contribution in [0.15, 0.2) is 48.5 Å². The van der Waals surface area contributed by atoms with Gasteiger partial charge in [0.1, 0.15) is 12.4 Å². The molecule has 0 saturated carbocycles. The number of nitrogens with two attached hydrogens (primary N) is 1. The molecule has 0 aromatic heterocycles. The molecule has 1 atom stereocenters. The zero-order valence-electron chi connectivity index (χ0n) is 14.8. The fourth-order valence-corrected chi connectivity index (χ4v) is 2.45. The summed E-state index contributed by atoms with van der Waals surface area (Å²) in [5.41, 5.74) is 9.08. The minimum atomic E-state index is -0.578. The lowest BCUT2D eigenvalue weighted by Gasteiger charge is -2.15. The molecule has 0 radical (unpaired) electrons. The Morgan fingerprint density at radius 3 is 2.64 bits per heavy atom. The molecule has 0 bridgehead atoms. The van der Waals surface area contributed by atoms with Crippen molar-refractivity contribution in [2.75, 3.05) is 20.3 Å². The Hall–Kier alpha value is -2.37. The molecule has 0 aliphatic rings. The molecule has 25 heavy (non-hydrogen) atoms. The first-order chi connectivity index (χ1) is 12.1. The molecule has 0 fully saturated rings. The van der Waals surface area contributed by atoms with Crippen LogP contribution >= 0.6 is 0 Å². The lowest BCUT2D eigenvalue weighted by atomic mass is 10.1. The number of nitrogens with one attached hydrogen (secondary N) is 1. The van der Waals surface area contributed by atoms with E-state index in [1.807, 2.05) is 55.5 Å². The van der Waals surface area contributed by atoms with Crippen molar-refractivity contribution in [3.8, 4) is 5.75 Å². The normalized spacial score (nSPS) is 11.8. The molecule has 0 heterocycles. The van der Waals surface area contributed by atoms with Gasteiger partial charge in [0.2, 0.25) is 5.91 Å². The second kappa shape index (κ2) is 9.81. The van der Waals surface area contributed by atoms with Crippen molar-refractivity contribution >= 4 is 5.91 Å². The minimum absolute atomic E-state index is 0.174. The molecule has 0 spiro atoms. The Labute approximate surface area is 149 Å². The van der Waals surface area contributed by atoms with Crippen molar-refractivity contribution < 1.29 is 14.3 Å². The van der Waals surface area contributed by atoms with Gasteiger partial charge in [0.25, 0.3) is 0 Å². The summed E-state index contributed by atoms with van der Waals surface area (Å²) >= 11 is 0. The highest BCUT2D eigenvalue weighted by molar-refractivity contribution is 5.81. The molecular formula is C20H26N2O3. The van der Waals surface area contributed by atoms with Gasteiger partial charge in [0.15, 0.2) is 0 Å². The zero-order valence-corrected chi connectivity index (χ0v) is 14.8. The summed E-state index contributed by atoms with van der Waals surface area (Å²) in [4.78, 5) is 12.3. The van der Waals surface area contributed by atoms with Crippen LogP contribution in [0, 0.1) is 6.92 Å². The molecule has 2 aromatic rings. The lowest BCUT2D eigenvalue weighted by molar-refractivity contribution is -0.122. The first kappa shape index (κ1) is 19.0. The van der Waals surface area contributed by atoms with Gasteiger partial charge in [-0.2, -0.15) is 0 Å². The van der Waals surface area contributed by atoms with Crippen LogP contribution in [-0.2, 0) is 22.5 Å². The molecule has 2 rings (SSSR count). The Morgan fingerprint density at radius 1 is 1.16 bits per heavy atom. The summed E-state index contributed by atoms with van der Waals surface area (Å²) in [5.74, 6) is 0.584. The number of aryl methyl sites for hydroxylation is 1. The van der Waals surface area contributed by atoms with Crippen LogP contribution in [0.1, 0.15) is 16.7 Å². The molecule has 1 amide bonds. The molecule has 5 heteroatoms. The van der Waals surface area contributed by atoms with Crippen LogP contribution in [0.25, 0.3) is 0 Å². The van der Waals surface area contributed by atoms with E-state index in [1.54, 1.807) is 7.11 Å². The monoisotopic (exact) mass is 342 g/mol. The minimum Gasteiger partial charge on any atom is -0.491 e. The fraction of sp³-hybridized carbons (Fsp3) is 0.350. The Balaban J connectivity index is 1.92. The van der Waals surface area contributed by atoms with Crippen molar-refractivity contribution in [2.45, 2.75) is 25.9 Å². The number of methoxy groups -OCH3 is 1. The average molecular weight is 342 g/mol. The van der Waals surface area contributed by atoms with Crippen molar-refractivity contribution in [1.29, 1.82) is 0 Å². The molecule has 0 saturated heterocycles. The van der Waals surface area contributed by atoms with Gasteiger partial charge in [0, 0.05) is 19.2 Å². The molecule has 0 unspecified atom stereocenters. The summed E-state index contributed by atoms with van der Waals surface area (Å²) in [6, 6.07) is 15.1. The van der Waals surface area contributed by atoms with Gasteiger partial charge in [-0.05, 0) is 30.5 Å². The van der Waals surface area contributed by atoms with Crippen molar-refractivity contribution in [1.82, 2.24) is 5.32 Å². The quantitative estimate of drug-likeness (QED) is 0.685. The summed E-state index contributed by atoms with van der Waals surface area (Å²) in [7, 11) is 1.63. The fourth-order valence-electron chi connectivity index (χ4n) is 2.45. The highest BCUT2D eigenvalue weighted by Gasteiger charge is 2.14. The first-order valence-electron chi connectivity index (χ1n) is 8.38. The number of carbonyl (C=O) groups is 1. The van der Waals surface area contributed by atoms with Gasteiger partial charge in [-0.1, -0.05) is 42.5 Å². The second-order valence-electron chi connectivity index (χ2n) is 5.97. The van der Waals surface area contributed by atoms with Crippen LogP contribution < -0.4 is 15.8 Å². The molecular weight excluding hydrogens is 316 g/mol. The highest BCUT2D eigenvalue weighted by Crippen LogP contribution is 2.20. The number of ether oxygens (including phenoxy) is 2. The average Bonchev–Trinajstić information content (AvgIpc) is 2.62. The third kappa shape index (κ3) is 6.21. The van der Waals surface area contributed by atoms with E-state index in [4.69, 9.17) is 15.2 Å². The molecule has 0 aliphatic heterocycles. The molecule has 5 nitrogen and oxygen atoms in total. The molecule has 134 valence electrons. The van der Waals surface area contributed by atoms with E-state index < -0.39 is 6.04 Å². The van der Waals surface area contributed by atoms with Gasteiger partial charge in [-0.3, -0.25) is 4.79 Å². The maximum absolute atomic E-state index is 12.3. The number of rotatable bonds is 9. The van der Waals surface area contributed by atoms with Gasteiger partial charge < -0.3 is 20.5 Å². The summed E-state index contributed by atoms with van der Waals surface area (Å²) in [5, 5.41) is 2.89. The Morgan fingerprint density at radius 2 is 1.92 bits per heavy atom. The van der Waals surface area contributed by atoms with Crippen molar-refractivity contribution in [3.63, 3.8) is 0 Å². The Kier molecular flexibility index (Phi) is 7.44. The summed E-state index contributed by atoms with van der Waals surface area (Å²) in [6.45, 7) is 3.36. The maximum atomic E-state index is 12.3. The van der Waals surface area contributed by atoms with Crippen LogP contribution in [0.3, 0.4) is 0 Å². The number of benzene rings is 2.